The largest absolute Gasteiger partial charge is 0.368 e. The molecule has 0 radical (unpaired) electrons. The molecule has 6 nitrogen and oxygen atoms in total. The van der Waals surface area contributed by atoms with Gasteiger partial charge in [0.25, 0.3) is 0 Å². The summed E-state index contributed by atoms with van der Waals surface area (Å²) in [4.78, 5) is 28.8. The fraction of sp³-hybridized carbons (Fsp3) is 0.522. The Kier molecular flexibility index (Phi) is 5.69. The minimum Gasteiger partial charge on any atom is -0.368 e. The van der Waals surface area contributed by atoms with E-state index in [-0.39, 0.29) is 5.92 Å². The van der Waals surface area contributed by atoms with E-state index in [4.69, 9.17) is 0 Å². The number of anilines is 2. The van der Waals surface area contributed by atoms with Crippen molar-refractivity contribution in [2.75, 3.05) is 49.1 Å². The van der Waals surface area contributed by atoms with Crippen LogP contribution in [0.4, 0.5) is 11.6 Å². The fourth-order valence-corrected chi connectivity index (χ4v) is 4.43. The van der Waals surface area contributed by atoms with E-state index in [0.29, 0.717) is 5.91 Å². The van der Waals surface area contributed by atoms with E-state index in [1.165, 1.54) is 16.8 Å². The van der Waals surface area contributed by atoms with E-state index in [1.807, 2.05) is 13.0 Å². The summed E-state index contributed by atoms with van der Waals surface area (Å²) < 4.78 is 0. The standard InChI is InChI=1S/C23H31N5O/c1-17-6-7-18(2)21(15-17)26-11-13-27(14-12-26)22(29)20-5-4-10-28(16-20)23-24-9-8-19(3)25-23/h6-9,15,20H,4-5,10-14,16H2,1-3H3/t20-/m1/s1. The Morgan fingerprint density at radius 2 is 1.79 bits per heavy atom. The molecule has 2 saturated heterocycles. The Bertz CT molecular complexity index is 875. The molecule has 0 aliphatic carbocycles. The summed E-state index contributed by atoms with van der Waals surface area (Å²) in [5.41, 5.74) is 4.85. The minimum atomic E-state index is 0.0418. The maximum Gasteiger partial charge on any atom is 0.227 e. The first-order valence-electron chi connectivity index (χ1n) is 10.7. The normalized spacial score (nSPS) is 20.1. The summed E-state index contributed by atoms with van der Waals surface area (Å²) in [6, 6.07) is 8.51. The molecule has 3 heterocycles. The Hall–Kier alpha value is -2.63. The van der Waals surface area contributed by atoms with Gasteiger partial charge in [-0.15, -0.1) is 0 Å². The number of aryl methyl sites for hydroxylation is 3. The van der Waals surface area contributed by atoms with E-state index in [9.17, 15) is 4.79 Å². The van der Waals surface area contributed by atoms with Gasteiger partial charge in [0.1, 0.15) is 0 Å². The highest BCUT2D eigenvalue weighted by Crippen LogP contribution is 2.25. The number of benzene rings is 1. The predicted octanol–water partition coefficient (Wildman–Crippen LogP) is 2.97. The van der Waals surface area contributed by atoms with Crippen LogP contribution in [0, 0.1) is 26.7 Å². The molecule has 0 bridgehead atoms. The molecule has 6 heteroatoms. The lowest BCUT2D eigenvalue weighted by Gasteiger charge is -2.40. The monoisotopic (exact) mass is 393 g/mol. The molecule has 0 spiro atoms. The third-order valence-electron chi connectivity index (χ3n) is 6.13. The SMILES string of the molecule is Cc1ccc(C)c(N2CCN(C(=O)[C@@H]3CCCN(c4nccc(C)n4)C3)CC2)c1. The topological polar surface area (TPSA) is 52.6 Å². The van der Waals surface area contributed by atoms with Gasteiger partial charge in [-0.3, -0.25) is 4.79 Å². The highest BCUT2D eigenvalue weighted by atomic mass is 16.2. The second-order valence-electron chi connectivity index (χ2n) is 8.39. The minimum absolute atomic E-state index is 0.0418. The van der Waals surface area contributed by atoms with Crippen molar-refractivity contribution < 1.29 is 4.79 Å². The summed E-state index contributed by atoms with van der Waals surface area (Å²) in [7, 11) is 0. The highest BCUT2D eigenvalue weighted by Gasteiger charge is 2.32. The summed E-state index contributed by atoms with van der Waals surface area (Å²) in [6.07, 6.45) is 3.77. The zero-order valence-electron chi connectivity index (χ0n) is 17.8. The second-order valence-corrected chi connectivity index (χ2v) is 8.39. The van der Waals surface area contributed by atoms with Gasteiger partial charge in [-0.05, 0) is 56.9 Å². The summed E-state index contributed by atoms with van der Waals surface area (Å²) in [6.45, 7) is 11.3. The first-order chi connectivity index (χ1) is 14.0. The van der Waals surface area contributed by atoms with Crippen molar-refractivity contribution >= 4 is 17.5 Å². The van der Waals surface area contributed by atoms with Gasteiger partial charge in [0.2, 0.25) is 11.9 Å². The van der Waals surface area contributed by atoms with E-state index in [1.54, 1.807) is 6.20 Å². The third kappa shape index (κ3) is 4.36. The Labute approximate surface area is 173 Å². The van der Waals surface area contributed by atoms with Crippen molar-refractivity contribution in [3.05, 3.63) is 47.3 Å². The van der Waals surface area contributed by atoms with Gasteiger partial charge in [0.05, 0.1) is 5.92 Å². The first kappa shape index (κ1) is 19.7. The number of hydrogen-bond donors (Lipinski definition) is 0. The van der Waals surface area contributed by atoms with Gasteiger partial charge in [-0.1, -0.05) is 12.1 Å². The molecular formula is C23H31N5O. The second kappa shape index (κ2) is 8.39. The average molecular weight is 394 g/mol. The molecule has 29 heavy (non-hydrogen) atoms. The zero-order valence-corrected chi connectivity index (χ0v) is 17.8. The van der Waals surface area contributed by atoms with Gasteiger partial charge in [-0.25, -0.2) is 9.97 Å². The molecule has 0 N–H and O–H groups in total. The van der Waals surface area contributed by atoms with Crippen LogP contribution in [0.25, 0.3) is 0 Å². The first-order valence-corrected chi connectivity index (χ1v) is 10.7. The van der Waals surface area contributed by atoms with Crippen molar-refractivity contribution in [3.63, 3.8) is 0 Å². The molecule has 1 atom stereocenters. The van der Waals surface area contributed by atoms with Crippen LogP contribution in [0.2, 0.25) is 0 Å². The highest BCUT2D eigenvalue weighted by molar-refractivity contribution is 5.80. The molecule has 0 unspecified atom stereocenters. The van der Waals surface area contributed by atoms with E-state index < -0.39 is 0 Å². The van der Waals surface area contributed by atoms with Crippen LogP contribution >= 0.6 is 0 Å². The summed E-state index contributed by atoms with van der Waals surface area (Å²) in [5, 5.41) is 0. The summed E-state index contributed by atoms with van der Waals surface area (Å²) in [5.74, 6) is 1.09. The number of carbonyl (C=O) groups excluding carboxylic acids is 1. The van der Waals surface area contributed by atoms with Crippen molar-refractivity contribution in [3.8, 4) is 0 Å². The van der Waals surface area contributed by atoms with Crippen LogP contribution in [0.5, 0.6) is 0 Å². The molecule has 4 rings (SSSR count). The molecule has 1 aromatic carbocycles. The molecule has 2 aliphatic rings. The van der Waals surface area contributed by atoms with Crippen LogP contribution in [0.15, 0.2) is 30.5 Å². The van der Waals surface area contributed by atoms with Gasteiger partial charge < -0.3 is 14.7 Å². The average Bonchev–Trinajstić information content (AvgIpc) is 2.75. The molecule has 0 saturated carbocycles. The molecule has 2 aromatic rings. The maximum absolute atomic E-state index is 13.2. The number of amides is 1. The van der Waals surface area contributed by atoms with E-state index in [0.717, 1.165) is 63.8 Å². The lowest BCUT2D eigenvalue weighted by molar-refractivity contribution is -0.136. The van der Waals surface area contributed by atoms with Crippen LogP contribution in [0.3, 0.4) is 0 Å². The van der Waals surface area contributed by atoms with Crippen molar-refractivity contribution in [1.82, 2.24) is 14.9 Å². The number of piperazine rings is 1. The van der Waals surface area contributed by atoms with Gasteiger partial charge >= 0.3 is 0 Å². The van der Waals surface area contributed by atoms with Crippen molar-refractivity contribution in [1.29, 1.82) is 0 Å². The van der Waals surface area contributed by atoms with Gasteiger partial charge in [-0.2, -0.15) is 0 Å². The zero-order chi connectivity index (χ0) is 20.4. The quantitative estimate of drug-likeness (QED) is 0.802. The van der Waals surface area contributed by atoms with Crippen molar-refractivity contribution in [2.24, 2.45) is 5.92 Å². The number of carbonyl (C=O) groups is 1. The molecular weight excluding hydrogens is 362 g/mol. The molecule has 1 amide bonds. The number of hydrogen-bond acceptors (Lipinski definition) is 5. The van der Waals surface area contributed by atoms with E-state index in [2.05, 4.69) is 56.7 Å². The lowest BCUT2D eigenvalue weighted by Crippen LogP contribution is -2.53. The Morgan fingerprint density at radius 1 is 1.00 bits per heavy atom. The number of rotatable bonds is 3. The van der Waals surface area contributed by atoms with Crippen LogP contribution in [-0.4, -0.2) is 60.0 Å². The molecule has 2 fully saturated rings. The Morgan fingerprint density at radius 3 is 2.55 bits per heavy atom. The molecule has 2 aliphatic heterocycles. The number of nitrogens with zero attached hydrogens (tertiary/aromatic N) is 5. The van der Waals surface area contributed by atoms with Gasteiger partial charge in [0.15, 0.2) is 0 Å². The third-order valence-corrected chi connectivity index (χ3v) is 6.13. The van der Waals surface area contributed by atoms with Crippen molar-refractivity contribution in [2.45, 2.75) is 33.6 Å². The smallest absolute Gasteiger partial charge is 0.227 e. The molecule has 1 aromatic heterocycles. The van der Waals surface area contributed by atoms with Crippen LogP contribution < -0.4 is 9.80 Å². The number of piperidine rings is 1. The van der Waals surface area contributed by atoms with Crippen LogP contribution in [0.1, 0.15) is 29.7 Å². The Balaban J connectivity index is 1.37. The van der Waals surface area contributed by atoms with E-state index >= 15 is 0 Å². The predicted molar refractivity (Wildman–Crippen MR) is 116 cm³/mol. The lowest BCUT2D eigenvalue weighted by atomic mass is 9.96. The fourth-order valence-electron chi connectivity index (χ4n) is 4.43. The molecule has 154 valence electrons. The maximum atomic E-state index is 13.2. The summed E-state index contributed by atoms with van der Waals surface area (Å²) >= 11 is 0. The number of aromatic nitrogens is 2. The van der Waals surface area contributed by atoms with Crippen LogP contribution in [-0.2, 0) is 4.79 Å². The van der Waals surface area contributed by atoms with Gasteiger partial charge in [0, 0.05) is 56.8 Å².